The van der Waals surface area contributed by atoms with E-state index in [1.54, 1.807) is 6.20 Å². The molecule has 134 valence electrons. The van der Waals surface area contributed by atoms with Crippen molar-refractivity contribution in [1.29, 1.82) is 0 Å². The number of carbonyl (C=O) groups excluding carboxylic acids is 1. The minimum atomic E-state index is -0.0977. The third-order valence-corrected chi connectivity index (χ3v) is 4.11. The molecule has 1 N–H and O–H groups in total. The molecule has 0 bridgehead atoms. The minimum Gasteiger partial charge on any atom is -0.491 e. The Morgan fingerprint density at radius 3 is 2.54 bits per heavy atom. The number of carbonyl (C=O) groups is 1. The van der Waals surface area contributed by atoms with Crippen molar-refractivity contribution >= 4 is 5.91 Å². The number of amides is 1. The molecule has 26 heavy (non-hydrogen) atoms. The number of aromatic nitrogens is 2. The summed E-state index contributed by atoms with van der Waals surface area (Å²) < 4.78 is 7.74. The molecule has 5 nitrogen and oxygen atoms in total. The number of hydrogen-bond donors (Lipinski definition) is 1. The molecule has 3 aromatic rings. The molecule has 1 amide bonds. The molecule has 1 aromatic heterocycles. The molecule has 0 radical (unpaired) electrons. The molecule has 1 heterocycles. The zero-order chi connectivity index (χ0) is 18.4. The fourth-order valence-electron chi connectivity index (χ4n) is 2.62. The first-order valence-electron chi connectivity index (χ1n) is 8.67. The number of imidazole rings is 1. The van der Waals surface area contributed by atoms with Crippen LogP contribution in [0.5, 0.6) is 5.75 Å². The lowest BCUT2D eigenvalue weighted by atomic mass is 10.1. The zero-order valence-electron chi connectivity index (χ0n) is 15.1. The smallest absolute Gasteiger partial charge is 0.251 e. The summed E-state index contributed by atoms with van der Waals surface area (Å²) in [7, 11) is 0. The van der Waals surface area contributed by atoms with Gasteiger partial charge in [-0.2, -0.15) is 0 Å². The van der Waals surface area contributed by atoms with Gasteiger partial charge in [0.05, 0.1) is 6.04 Å². The summed E-state index contributed by atoms with van der Waals surface area (Å²) in [6.07, 6.45) is 3.74. The van der Waals surface area contributed by atoms with Gasteiger partial charge in [-0.3, -0.25) is 4.79 Å². The molecular weight excluding hydrogens is 326 g/mol. The van der Waals surface area contributed by atoms with Gasteiger partial charge in [0.1, 0.15) is 18.2 Å². The Morgan fingerprint density at radius 2 is 1.88 bits per heavy atom. The maximum atomic E-state index is 12.4. The molecule has 5 heteroatoms. The van der Waals surface area contributed by atoms with Crippen molar-refractivity contribution in [3.63, 3.8) is 0 Å². The van der Waals surface area contributed by atoms with Crippen molar-refractivity contribution in [3.05, 3.63) is 83.9 Å². The highest BCUT2D eigenvalue weighted by Crippen LogP contribution is 2.10. The Balaban J connectivity index is 1.52. The molecule has 0 saturated heterocycles. The van der Waals surface area contributed by atoms with Crippen LogP contribution in [0.2, 0.25) is 0 Å². The van der Waals surface area contributed by atoms with Crippen LogP contribution in [0.3, 0.4) is 0 Å². The number of aryl methyl sites for hydroxylation is 1. The van der Waals surface area contributed by atoms with Crippen molar-refractivity contribution < 1.29 is 9.53 Å². The van der Waals surface area contributed by atoms with E-state index in [0.717, 1.165) is 23.7 Å². The van der Waals surface area contributed by atoms with Crippen LogP contribution >= 0.6 is 0 Å². The zero-order valence-corrected chi connectivity index (χ0v) is 15.1. The number of para-hydroxylation sites is 1. The van der Waals surface area contributed by atoms with Crippen LogP contribution in [0.4, 0.5) is 0 Å². The third-order valence-electron chi connectivity index (χ3n) is 4.11. The normalized spacial score (nSPS) is 11.8. The van der Waals surface area contributed by atoms with E-state index in [0.29, 0.717) is 12.2 Å². The lowest BCUT2D eigenvalue weighted by Crippen LogP contribution is -2.36. The lowest BCUT2D eigenvalue weighted by molar-refractivity contribution is 0.0926. The van der Waals surface area contributed by atoms with E-state index < -0.39 is 0 Å². The second-order valence-corrected chi connectivity index (χ2v) is 6.30. The van der Waals surface area contributed by atoms with E-state index in [1.807, 2.05) is 74.6 Å². The average Bonchev–Trinajstić information content (AvgIpc) is 3.06. The van der Waals surface area contributed by atoms with Gasteiger partial charge in [0.25, 0.3) is 5.91 Å². The highest BCUT2D eigenvalue weighted by molar-refractivity contribution is 5.94. The number of nitrogens with zero attached hydrogens (tertiary/aromatic N) is 2. The third kappa shape index (κ3) is 4.72. The largest absolute Gasteiger partial charge is 0.491 e. The fourth-order valence-corrected chi connectivity index (χ4v) is 2.62. The summed E-state index contributed by atoms with van der Waals surface area (Å²) in [5.41, 5.74) is 1.77. The number of rotatable bonds is 7. The predicted molar refractivity (Wildman–Crippen MR) is 101 cm³/mol. The van der Waals surface area contributed by atoms with E-state index in [2.05, 4.69) is 14.9 Å². The van der Waals surface area contributed by atoms with Crippen LogP contribution < -0.4 is 10.1 Å². The van der Waals surface area contributed by atoms with Crippen LogP contribution in [0, 0.1) is 6.92 Å². The van der Waals surface area contributed by atoms with Gasteiger partial charge in [0, 0.05) is 24.5 Å². The minimum absolute atomic E-state index is 0.0871. The van der Waals surface area contributed by atoms with Gasteiger partial charge in [-0.15, -0.1) is 0 Å². The Morgan fingerprint density at radius 1 is 1.15 bits per heavy atom. The first kappa shape index (κ1) is 17.7. The molecule has 0 aliphatic rings. The fraction of sp³-hybridized carbons (Fsp3) is 0.238. The van der Waals surface area contributed by atoms with Crippen LogP contribution in [-0.4, -0.2) is 28.1 Å². The second-order valence-electron chi connectivity index (χ2n) is 6.30. The summed E-state index contributed by atoms with van der Waals surface area (Å²) in [5, 5.41) is 2.96. The van der Waals surface area contributed by atoms with Crippen molar-refractivity contribution in [2.45, 2.75) is 26.4 Å². The van der Waals surface area contributed by atoms with Crippen LogP contribution in [0.1, 0.15) is 28.7 Å². The van der Waals surface area contributed by atoms with Crippen molar-refractivity contribution in [1.82, 2.24) is 14.9 Å². The molecule has 0 aliphatic heterocycles. The molecule has 0 unspecified atom stereocenters. The van der Waals surface area contributed by atoms with Crippen molar-refractivity contribution in [2.24, 2.45) is 0 Å². The van der Waals surface area contributed by atoms with E-state index in [1.165, 1.54) is 0 Å². The number of nitrogens with one attached hydrogen (secondary N) is 1. The standard InChI is InChI=1S/C21H23N3O2/c1-16(15-26-20-6-4-3-5-7-20)23-21(25)19-10-8-18(9-11-19)14-24-13-12-22-17(24)2/h3-13,16H,14-15H2,1-2H3,(H,23,25)/t16-/m1/s1. The molecule has 0 spiro atoms. The molecule has 3 rings (SSSR count). The number of hydrogen-bond acceptors (Lipinski definition) is 3. The van der Waals surface area contributed by atoms with Gasteiger partial charge in [-0.25, -0.2) is 4.98 Å². The molecule has 1 atom stereocenters. The summed E-state index contributed by atoms with van der Waals surface area (Å²) in [6.45, 7) is 5.07. The van der Waals surface area contributed by atoms with Crippen LogP contribution in [0.25, 0.3) is 0 Å². The molecule has 0 saturated carbocycles. The highest BCUT2D eigenvalue weighted by atomic mass is 16.5. The van der Waals surface area contributed by atoms with E-state index >= 15 is 0 Å². The quantitative estimate of drug-likeness (QED) is 0.711. The summed E-state index contributed by atoms with van der Waals surface area (Å²) in [4.78, 5) is 16.6. The van der Waals surface area contributed by atoms with Crippen LogP contribution in [0.15, 0.2) is 67.0 Å². The maximum absolute atomic E-state index is 12.4. The van der Waals surface area contributed by atoms with Gasteiger partial charge < -0.3 is 14.6 Å². The molecule has 2 aromatic carbocycles. The SMILES string of the molecule is Cc1nccn1Cc1ccc(C(=O)N[C@H](C)COc2ccccc2)cc1. The number of benzene rings is 2. The van der Waals surface area contributed by atoms with Crippen molar-refractivity contribution in [2.75, 3.05) is 6.61 Å². The Hall–Kier alpha value is -3.08. The predicted octanol–water partition coefficient (Wildman–Crippen LogP) is 3.44. The Bertz CT molecular complexity index is 841. The monoisotopic (exact) mass is 349 g/mol. The van der Waals surface area contributed by atoms with Gasteiger partial charge in [-0.1, -0.05) is 30.3 Å². The molecule has 0 fully saturated rings. The molecule has 0 aliphatic carbocycles. The van der Waals surface area contributed by atoms with E-state index in [4.69, 9.17) is 4.74 Å². The summed E-state index contributed by atoms with van der Waals surface area (Å²) >= 11 is 0. The number of ether oxygens (including phenoxy) is 1. The van der Waals surface area contributed by atoms with Crippen molar-refractivity contribution in [3.8, 4) is 5.75 Å². The van der Waals surface area contributed by atoms with E-state index in [-0.39, 0.29) is 11.9 Å². The van der Waals surface area contributed by atoms with Gasteiger partial charge in [0.2, 0.25) is 0 Å². The van der Waals surface area contributed by atoms with Gasteiger partial charge in [-0.05, 0) is 43.7 Å². The lowest BCUT2D eigenvalue weighted by Gasteiger charge is -2.15. The average molecular weight is 349 g/mol. The van der Waals surface area contributed by atoms with Gasteiger partial charge >= 0.3 is 0 Å². The summed E-state index contributed by atoms with van der Waals surface area (Å²) in [6, 6.07) is 17.1. The maximum Gasteiger partial charge on any atom is 0.251 e. The highest BCUT2D eigenvalue weighted by Gasteiger charge is 2.10. The first-order valence-corrected chi connectivity index (χ1v) is 8.67. The topological polar surface area (TPSA) is 56.2 Å². The van der Waals surface area contributed by atoms with Gasteiger partial charge in [0.15, 0.2) is 0 Å². The second kappa shape index (κ2) is 8.34. The van der Waals surface area contributed by atoms with Crippen LogP contribution in [-0.2, 0) is 6.54 Å². The Labute approximate surface area is 153 Å². The summed E-state index contributed by atoms with van der Waals surface area (Å²) in [5.74, 6) is 1.67. The first-order chi connectivity index (χ1) is 12.6. The Kier molecular flexibility index (Phi) is 5.69. The van der Waals surface area contributed by atoms with E-state index in [9.17, 15) is 4.79 Å². The molecular formula is C21H23N3O2.